The second-order valence-corrected chi connectivity index (χ2v) is 6.02. The summed E-state index contributed by atoms with van der Waals surface area (Å²) in [7, 11) is 0. The molecule has 1 rings (SSSR count). The number of hydrogen-bond acceptors (Lipinski definition) is 3. The summed E-state index contributed by atoms with van der Waals surface area (Å²) in [5, 5.41) is 4.40. The molecule has 0 aliphatic rings. The lowest BCUT2D eigenvalue weighted by molar-refractivity contribution is 0.286. The quantitative estimate of drug-likeness (QED) is 0.649. The lowest BCUT2D eigenvalue weighted by atomic mass is 9.88. The van der Waals surface area contributed by atoms with Gasteiger partial charge in [-0.25, -0.2) is 0 Å². The number of nitrogens with one attached hydrogen (secondary N) is 1. The molecule has 0 radical (unpaired) electrons. The van der Waals surface area contributed by atoms with Crippen LogP contribution in [0.4, 0.5) is 0 Å². The Morgan fingerprint density at radius 1 is 1.29 bits per heavy atom. The minimum Gasteiger partial charge on any atom is -0.271 e. The monoisotopic (exact) mass is 302 g/mol. The topological polar surface area (TPSA) is 55.9 Å². The Hall–Kier alpha value is -0.390. The van der Waals surface area contributed by atoms with Crippen LogP contribution in [-0.4, -0.2) is 9.78 Å². The molecule has 0 aliphatic heterocycles. The van der Waals surface area contributed by atoms with Gasteiger partial charge in [-0.2, -0.15) is 5.10 Å². The van der Waals surface area contributed by atoms with Crippen molar-refractivity contribution in [1.29, 1.82) is 0 Å². The minimum absolute atomic E-state index is 0.106. The maximum atomic E-state index is 5.73. The van der Waals surface area contributed by atoms with Gasteiger partial charge in [0.1, 0.15) is 0 Å². The van der Waals surface area contributed by atoms with E-state index in [2.05, 4.69) is 61.1 Å². The Labute approximate surface area is 112 Å². The molecule has 1 heterocycles. The van der Waals surface area contributed by atoms with Crippen molar-refractivity contribution in [2.24, 2.45) is 17.7 Å². The molecule has 5 heteroatoms. The van der Waals surface area contributed by atoms with Crippen LogP contribution in [0.2, 0.25) is 0 Å². The minimum atomic E-state index is 0.106. The van der Waals surface area contributed by atoms with E-state index in [1.54, 1.807) is 0 Å². The van der Waals surface area contributed by atoms with Gasteiger partial charge in [0.2, 0.25) is 0 Å². The van der Waals surface area contributed by atoms with Crippen LogP contribution < -0.4 is 11.3 Å². The van der Waals surface area contributed by atoms with Gasteiger partial charge in [0.15, 0.2) is 0 Å². The fraction of sp³-hybridized carbons (Fsp3) is 0.750. The first kappa shape index (κ1) is 14.7. The molecule has 0 amide bonds. The van der Waals surface area contributed by atoms with Crippen molar-refractivity contribution in [3.05, 3.63) is 16.4 Å². The Balaban J connectivity index is 3.15. The van der Waals surface area contributed by atoms with Crippen molar-refractivity contribution in [2.75, 3.05) is 0 Å². The van der Waals surface area contributed by atoms with Gasteiger partial charge in [0.25, 0.3) is 0 Å². The molecule has 2 atom stereocenters. The second-order valence-electron chi connectivity index (χ2n) is 5.16. The lowest BCUT2D eigenvalue weighted by Crippen LogP contribution is -2.36. The molecule has 98 valence electrons. The van der Waals surface area contributed by atoms with Crippen LogP contribution in [0.1, 0.15) is 52.4 Å². The Kier molecular flexibility index (Phi) is 5.16. The fourth-order valence-corrected chi connectivity index (χ4v) is 2.44. The molecule has 2 unspecified atom stereocenters. The van der Waals surface area contributed by atoms with Gasteiger partial charge in [-0.3, -0.25) is 16.0 Å². The standard InChI is InChI=1S/C12H23BrN4/c1-7(2)9(5)11(16-14)12-10(13)6-15-17(12)8(3)4/h6-9,11,16H,14H2,1-5H3. The summed E-state index contributed by atoms with van der Waals surface area (Å²) >= 11 is 3.57. The van der Waals surface area contributed by atoms with Gasteiger partial charge in [0.05, 0.1) is 22.4 Å². The van der Waals surface area contributed by atoms with E-state index in [1.165, 1.54) is 0 Å². The highest BCUT2D eigenvalue weighted by molar-refractivity contribution is 9.10. The average molecular weight is 303 g/mol. The van der Waals surface area contributed by atoms with Crippen molar-refractivity contribution >= 4 is 15.9 Å². The lowest BCUT2D eigenvalue weighted by Gasteiger charge is -2.28. The van der Waals surface area contributed by atoms with Crippen LogP contribution in [0, 0.1) is 11.8 Å². The van der Waals surface area contributed by atoms with Crippen LogP contribution in [-0.2, 0) is 0 Å². The summed E-state index contributed by atoms with van der Waals surface area (Å²) in [5.41, 5.74) is 4.06. The molecule has 1 aromatic rings. The third-order valence-electron chi connectivity index (χ3n) is 3.33. The van der Waals surface area contributed by atoms with Gasteiger partial charge in [-0.15, -0.1) is 0 Å². The predicted molar refractivity (Wildman–Crippen MR) is 74.4 cm³/mol. The molecule has 0 bridgehead atoms. The van der Waals surface area contributed by atoms with Crippen molar-refractivity contribution in [3.8, 4) is 0 Å². The highest BCUT2D eigenvalue weighted by atomic mass is 79.9. The van der Waals surface area contributed by atoms with Crippen molar-refractivity contribution in [2.45, 2.75) is 46.7 Å². The average Bonchev–Trinajstić information content (AvgIpc) is 2.62. The molecule has 0 fully saturated rings. The highest BCUT2D eigenvalue weighted by Crippen LogP contribution is 2.33. The number of nitrogens with zero attached hydrogens (tertiary/aromatic N) is 2. The molecule has 0 saturated heterocycles. The maximum absolute atomic E-state index is 5.73. The maximum Gasteiger partial charge on any atom is 0.0715 e. The molecule has 0 aliphatic carbocycles. The summed E-state index contributed by atoms with van der Waals surface area (Å²) in [5.74, 6) is 6.72. The fourth-order valence-electron chi connectivity index (χ4n) is 1.92. The summed E-state index contributed by atoms with van der Waals surface area (Å²) < 4.78 is 3.04. The molecule has 3 N–H and O–H groups in total. The van der Waals surface area contributed by atoms with Crippen LogP contribution in [0.3, 0.4) is 0 Å². The van der Waals surface area contributed by atoms with E-state index in [9.17, 15) is 0 Å². The molecule has 0 saturated carbocycles. The summed E-state index contributed by atoms with van der Waals surface area (Å²) in [6, 6.07) is 0.431. The van der Waals surface area contributed by atoms with Gasteiger partial charge in [-0.05, 0) is 41.6 Å². The van der Waals surface area contributed by atoms with Crippen LogP contribution in [0.5, 0.6) is 0 Å². The summed E-state index contributed by atoms with van der Waals surface area (Å²) in [4.78, 5) is 0. The number of halogens is 1. The van der Waals surface area contributed by atoms with Crippen LogP contribution in [0.15, 0.2) is 10.7 Å². The number of rotatable bonds is 5. The van der Waals surface area contributed by atoms with E-state index in [-0.39, 0.29) is 6.04 Å². The number of hydrazine groups is 1. The molecule has 1 aromatic heterocycles. The van der Waals surface area contributed by atoms with E-state index in [1.807, 2.05) is 10.9 Å². The zero-order chi connectivity index (χ0) is 13.2. The molecular formula is C12H23BrN4. The summed E-state index contributed by atoms with van der Waals surface area (Å²) in [6.07, 6.45) is 1.84. The van der Waals surface area contributed by atoms with Crippen molar-refractivity contribution in [1.82, 2.24) is 15.2 Å². The van der Waals surface area contributed by atoms with Gasteiger partial charge >= 0.3 is 0 Å². The first-order valence-corrected chi connectivity index (χ1v) is 6.88. The Morgan fingerprint density at radius 2 is 1.88 bits per heavy atom. The number of nitrogens with two attached hydrogens (primary N) is 1. The highest BCUT2D eigenvalue weighted by Gasteiger charge is 2.27. The number of hydrogen-bond donors (Lipinski definition) is 2. The van der Waals surface area contributed by atoms with E-state index in [4.69, 9.17) is 5.84 Å². The van der Waals surface area contributed by atoms with Crippen LogP contribution in [0.25, 0.3) is 0 Å². The zero-order valence-corrected chi connectivity index (χ0v) is 12.8. The van der Waals surface area contributed by atoms with E-state index in [0.29, 0.717) is 17.9 Å². The van der Waals surface area contributed by atoms with Gasteiger partial charge in [-0.1, -0.05) is 20.8 Å². The first-order valence-electron chi connectivity index (χ1n) is 6.09. The van der Waals surface area contributed by atoms with E-state index < -0.39 is 0 Å². The van der Waals surface area contributed by atoms with Gasteiger partial charge < -0.3 is 0 Å². The Morgan fingerprint density at radius 3 is 2.29 bits per heavy atom. The van der Waals surface area contributed by atoms with Gasteiger partial charge in [0, 0.05) is 6.04 Å². The third-order valence-corrected chi connectivity index (χ3v) is 3.94. The third kappa shape index (κ3) is 3.09. The summed E-state index contributed by atoms with van der Waals surface area (Å²) in [6.45, 7) is 10.9. The SMILES string of the molecule is CC(C)C(C)C(NN)c1c(Br)cnn1C(C)C. The second kappa shape index (κ2) is 5.98. The van der Waals surface area contributed by atoms with Crippen molar-refractivity contribution in [3.63, 3.8) is 0 Å². The molecule has 0 spiro atoms. The first-order chi connectivity index (χ1) is 7.90. The Bertz CT molecular complexity index is 359. The molecule has 4 nitrogen and oxygen atoms in total. The molecule has 0 aromatic carbocycles. The number of aromatic nitrogens is 2. The van der Waals surface area contributed by atoms with E-state index in [0.717, 1.165) is 10.2 Å². The normalized spacial score (nSPS) is 15.6. The molecule has 17 heavy (non-hydrogen) atoms. The largest absolute Gasteiger partial charge is 0.271 e. The zero-order valence-electron chi connectivity index (χ0n) is 11.2. The smallest absolute Gasteiger partial charge is 0.0715 e. The molecular weight excluding hydrogens is 280 g/mol. The van der Waals surface area contributed by atoms with Crippen LogP contribution >= 0.6 is 15.9 Å². The van der Waals surface area contributed by atoms with Crippen molar-refractivity contribution < 1.29 is 0 Å². The predicted octanol–water partition coefficient (Wildman–Crippen LogP) is 3.02. The van der Waals surface area contributed by atoms with E-state index >= 15 is 0 Å².